The van der Waals surface area contributed by atoms with E-state index in [1.165, 1.54) is 5.56 Å². The minimum absolute atomic E-state index is 0.0128. The molecule has 21 heavy (non-hydrogen) atoms. The van der Waals surface area contributed by atoms with Crippen LogP contribution in [0.25, 0.3) is 0 Å². The number of hydrogen-bond acceptors (Lipinski definition) is 4. The largest absolute Gasteiger partial charge is 0.476 e. The first-order valence-electron chi connectivity index (χ1n) is 7.52. The molecule has 0 fully saturated rings. The van der Waals surface area contributed by atoms with Gasteiger partial charge in [0.2, 0.25) is 5.88 Å². The summed E-state index contributed by atoms with van der Waals surface area (Å²) in [6.45, 7) is 12.3. The van der Waals surface area contributed by atoms with Crippen molar-refractivity contribution in [2.45, 2.75) is 52.1 Å². The van der Waals surface area contributed by atoms with Gasteiger partial charge >= 0.3 is 0 Å². The molecule has 0 saturated carbocycles. The summed E-state index contributed by atoms with van der Waals surface area (Å²) < 4.78 is 5.97. The van der Waals surface area contributed by atoms with Gasteiger partial charge in [-0.3, -0.25) is 0 Å². The van der Waals surface area contributed by atoms with Crippen molar-refractivity contribution in [3.05, 3.63) is 23.4 Å². The van der Waals surface area contributed by atoms with E-state index in [0.717, 1.165) is 12.2 Å². The Balaban J connectivity index is 2.98. The Hall–Kier alpha value is -1.13. The Bertz CT molecular complexity index is 462. The van der Waals surface area contributed by atoms with Crippen molar-refractivity contribution < 1.29 is 4.74 Å². The quantitative estimate of drug-likeness (QED) is 0.875. The molecule has 0 aliphatic rings. The lowest BCUT2D eigenvalue weighted by molar-refractivity contribution is 0.110. The molecule has 1 N–H and O–H groups in total. The molecule has 1 aromatic rings. The standard InChI is InChI=1S/C17H31N3O/c1-16(2,3)14-9-13(11-18-6)10-15(19-14)21-12-17(4,5)20(7)8/h9-10,18H,11-12H2,1-8H3. The maximum atomic E-state index is 5.97. The molecule has 0 bridgehead atoms. The van der Waals surface area contributed by atoms with E-state index in [1.807, 2.05) is 13.1 Å². The number of nitrogens with zero attached hydrogens (tertiary/aromatic N) is 2. The fraction of sp³-hybridized carbons (Fsp3) is 0.706. The molecule has 1 heterocycles. The number of pyridine rings is 1. The van der Waals surface area contributed by atoms with E-state index < -0.39 is 0 Å². The van der Waals surface area contributed by atoms with Crippen LogP contribution in [0.3, 0.4) is 0 Å². The molecule has 4 heteroatoms. The SMILES string of the molecule is CNCc1cc(OCC(C)(C)N(C)C)nc(C(C)(C)C)c1. The number of rotatable bonds is 6. The molecular formula is C17H31N3O. The molecule has 0 aliphatic carbocycles. The second-order valence-electron chi connectivity index (χ2n) is 7.47. The maximum Gasteiger partial charge on any atom is 0.213 e. The van der Waals surface area contributed by atoms with Gasteiger partial charge < -0.3 is 15.0 Å². The van der Waals surface area contributed by atoms with Gasteiger partial charge in [-0.15, -0.1) is 0 Å². The fourth-order valence-electron chi connectivity index (χ4n) is 1.70. The summed E-state index contributed by atoms with van der Waals surface area (Å²) >= 11 is 0. The molecule has 1 aromatic heterocycles. The van der Waals surface area contributed by atoms with Gasteiger partial charge in [0.25, 0.3) is 0 Å². The van der Waals surface area contributed by atoms with E-state index in [-0.39, 0.29) is 11.0 Å². The Labute approximate surface area is 129 Å². The predicted molar refractivity (Wildman–Crippen MR) is 89.0 cm³/mol. The molecule has 1 rings (SSSR count). The van der Waals surface area contributed by atoms with E-state index in [1.54, 1.807) is 0 Å². The normalized spacial score (nSPS) is 12.8. The van der Waals surface area contributed by atoms with Crippen molar-refractivity contribution in [1.82, 2.24) is 15.2 Å². The van der Waals surface area contributed by atoms with Crippen molar-refractivity contribution in [2.75, 3.05) is 27.7 Å². The first kappa shape index (κ1) is 17.9. The van der Waals surface area contributed by atoms with E-state index in [9.17, 15) is 0 Å². The van der Waals surface area contributed by atoms with Gasteiger partial charge in [-0.1, -0.05) is 20.8 Å². The van der Waals surface area contributed by atoms with Crippen LogP contribution in [-0.4, -0.2) is 43.2 Å². The highest BCUT2D eigenvalue weighted by atomic mass is 16.5. The Morgan fingerprint density at radius 3 is 2.24 bits per heavy atom. The number of aromatic nitrogens is 1. The first-order chi connectivity index (χ1) is 9.56. The number of likely N-dealkylation sites (N-methyl/N-ethyl adjacent to an activating group) is 1. The van der Waals surface area contributed by atoms with Crippen molar-refractivity contribution in [2.24, 2.45) is 0 Å². The van der Waals surface area contributed by atoms with Gasteiger partial charge in [0.15, 0.2) is 0 Å². The Morgan fingerprint density at radius 2 is 1.76 bits per heavy atom. The van der Waals surface area contributed by atoms with Gasteiger partial charge in [0.05, 0.1) is 5.69 Å². The summed E-state index contributed by atoms with van der Waals surface area (Å²) in [6.07, 6.45) is 0. The van der Waals surface area contributed by atoms with Crippen LogP contribution in [-0.2, 0) is 12.0 Å². The van der Waals surface area contributed by atoms with Crippen LogP contribution >= 0.6 is 0 Å². The zero-order chi connectivity index (χ0) is 16.3. The van der Waals surface area contributed by atoms with Crippen molar-refractivity contribution in [1.29, 1.82) is 0 Å². The number of hydrogen-bond donors (Lipinski definition) is 1. The summed E-state index contributed by atoms with van der Waals surface area (Å²) in [5, 5.41) is 3.19. The third kappa shape index (κ3) is 5.29. The lowest BCUT2D eigenvalue weighted by Gasteiger charge is -2.32. The van der Waals surface area contributed by atoms with Gasteiger partial charge in [0.1, 0.15) is 6.61 Å². The summed E-state index contributed by atoms with van der Waals surface area (Å²) in [4.78, 5) is 6.84. The molecule has 0 unspecified atom stereocenters. The van der Waals surface area contributed by atoms with Crippen molar-refractivity contribution in [3.63, 3.8) is 0 Å². The molecule has 120 valence electrons. The average molecular weight is 293 g/mol. The molecule has 0 radical (unpaired) electrons. The van der Waals surface area contributed by atoms with Gasteiger partial charge in [-0.25, -0.2) is 4.98 Å². The number of ether oxygens (including phenoxy) is 1. The van der Waals surface area contributed by atoms with Crippen LogP contribution in [0, 0.1) is 0 Å². The van der Waals surface area contributed by atoms with E-state index in [4.69, 9.17) is 4.74 Å². The molecular weight excluding hydrogens is 262 g/mol. The second kappa shape index (κ2) is 6.75. The zero-order valence-electron chi connectivity index (χ0n) is 14.9. The topological polar surface area (TPSA) is 37.4 Å². The first-order valence-corrected chi connectivity index (χ1v) is 7.52. The van der Waals surface area contributed by atoms with Crippen molar-refractivity contribution in [3.8, 4) is 5.88 Å². The highest BCUT2D eigenvalue weighted by molar-refractivity contribution is 5.28. The van der Waals surface area contributed by atoms with Gasteiger partial charge in [-0.05, 0) is 46.6 Å². The zero-order valence-corrected chi connectivity index (χ0v) is 14.9. The third-order valence-electron chi connectivity index (χ3n) is 3.79. The fourth-order valence-corrected chi connectivity index (χ4v) is 1.70. The maximum absolute atomic E-state index is 5.97. The smallest absolute Gasteiger partial charge is 0.213 e. The second-order valence-corrected chi connectivity index (χ2v) is 7.47. The molecule has 0 amide bonds. The van der Waals surface area contributed by atoms with Crippen LogP contribution in [0.2, 0.25) is 0 Å². The summed E-state index contributed by atoms with van der Waals surface area (Å²) in [5.74, 6) is 0.711. The van der Waals surface area contributed by atoms with E-state index >= 15 is 0 Å². The summed E-state index contributed by atoms with van der Waals surface area (Å²) in [7, 11) is 6.08. The third-order valence-corrected chi connectivity index (χ3v) is 3.79. The number of nitrogens with one attached hydrogen (secondary N) is 1. The molecule has 0 spiro atoms. The van der Waals surface area contributed by atoms with Crippen LogP contribution in [0.1, 0.15) is 45.9 Å². The molecule has 0 atom stereocenters. The minimum Gasteiger partial charge on any atom is -0.476 e. The average Bonchev–Trinajstić information content (AvgIpc) is 2.35. The minimum atomic E-state index is -0.0252. The Kier molecular flexibility index (Phi) is 5.76. The van der Waals surface area contributed by atoms with Crippen LogP contribution in [0.5, 0.6) is 5.88 Å². The summed E-state index contributed by atoms with van der Waals surface area (Å²) in [6, 6.07) is 4.18. The van der Waals surface area contributed by atoms with Crippen LogP contribution < -0.4 is 10.1 Å². The van der Waals surface area contributed by atoms with Crippen LogP contribution in [0.4, 0.5) is 0 Å². The lowest BCUT2D eigenvalue weighted by atomic mass is 9.91. The van der Waals surface area contributed by atoms with E-state index in [0.29, 0.717) is 12.5 Å². The van der Waals surface area contributed by atoms with Crippen LogP contribution in [0.15, 0.2) is 12.1 Å². The highest BCUT2D eigenvalue weighted by Gasteiger charge is 2.23. The van der Waals surface area contributed by atoms with E-state index in [2.05, 4.69) is 70.0 Å². The monoisotopic (exact) mass is 293 g/mol. The summed E-state index contributed by atoms with van der Waals surface area (Å²) in [5.41, 5.74) is 2.25. The molecule has 0 saturated heterocycles. The van der Waals surface area contributed by atoms with Crippen molar-refractivity contribution >= 4 is 0 Å². The van der Waals surface area contributed by atoms with Gasteiger partial charge in [-0.2, -0.15) is 0 Å². The van der Waals surface area contributed by atoms with Gasteiger partial charge in [0, 0.05) is 23.6 Å². The molecule has 0 aliphatic heterocycles. The molecule has 0 aromatic carbocycles. The Morgan fingerprint density at radius 1 is 1.14 bits per heavy atom. The predicted octanol–water partition coefficient (Wildman–Crippen LogP) is 2.82. The lowest BCUT2D eigenvalue weighted by Crippen LogP contribution is -2.43. The highest BCUT2D eigenvalue weighted by Crippen LogP contribution is 2.25. The molecule has 4 nitrogen and oxygen atoms in total.